The van der Waals surface area contributed by atoms with Crippen molar-refractivity contribution in [2.45, 2.75) is 102 Å². The van der Waals surface area contributed by atoms with Gasteiger partial charge in [-0.15, -0.1) is 0 Å². The van der Waals surface area contributed by atoms with Crippen LogP contribution in [-0.4, -0.2) is 115 Å². The number of benzene rings is 1. The van der Waals surface area contributed by atoms with Gasteiger partial charge >= 0.3 is 0 Å². The van der Waals surface area contributed by atoms with Gasteiger partial charge in [0.2, 0.25) is 11.8 Å². The van der Waals surface area contributed by atoms with Gasteiger partial charge in [0.15, 0.2) is 11.5 Å². The van der Waals surface area contributed by atoms with Crippen LogP contribution in [0.2, 0.25) is 0 Å². The molecule has 2 amide bonds. The summed E-state index contributed by atoms with van der Waals surface area (Å²) in [5.74, 6) is 0.352. The summed E-state index contributed by atoms with van der Waals surface area (Å²) in [7, 11) is 1.50. The maximum absolute atomic E-state index is 13.9. The van der Waals surface area contributed by atoms with Gasteiger partial charge in [-0.3, -0.25) is 14.5 Å². The Balaban J connectivity index is 1.81. The number of carbonyl (C=O) groups is 2. The van der Waals surface area contributed by atoms with E-state index in [-0.39, 0.29) is 38.0 Å². The molecule has 12 heteroatoms. The Bertz CT molecular complexity index is 1130. The third-order valence-electron chi connectivity index (χ3n) is 8.92. The fraction of sp³-hybridized carbons (Fsp3) is 0.714. The van der Waals surface area contributed by atoms with Crippen molar-refractivity contribution in [1.82, 2.24) is 15.1 Å². The molecule has 3 rings (SSSR count). The standard InChI is InChI=1S/C35H56IN3O8/c1-3-4-5-6-7-8-9-10-11-12-32(42)39(15-14-38-16-19-46-20-17-38)29-23-27(35(44)37-13-18-40)24-30(33(29)43)47-34-28(36)21-26(25-41)22-31(34)45-2/h21-22,24,29-30,33,40-41,43H,3-20,23,25H2,1-2H3,(H,37,44). The van der Waals surface area contributed by atoms with Gasteiger partial charge in [-0.1, -0.05) is 58.3 Å². The van der Waals surface area contributed by atoms with Crippen LogP contribution in [0, 0.1) is 3.57 Å². The summed E-state index contributed by atoms with van der Waals surface area (Å²) in [6.07, 6.45) is 10.4. The molecule has 3 unspecified atom stereocenters. The largest absolute Gasteiger partial charge is 0.493 e. The zero-order valence-corrected chi connectivity index (χ0v) is 30.4. The molecule has 266 valence electrons. The number of unbranched alkanes of at least 4 members (excludes halogenated alkanes) is 8. The van der Waals surface area contributed by atoms with E-state index in [1.807, 2.05) is 0 Å². The van der Waals surface area contributed by atoms with Gasteiger partial charge in [0.1, 0.15) is 12.2 Å². The summed E-state index contributed by atoms with van der Waals surface area (Å²) in [6, 6.07) is 2.74. The molecule has 1 aromatic rings. The second-order valence-corrected chi connectivity index (χ2v) is 13.6. The molecule has 0 aromatic heterocycles. The lowest BCUT2D eigenvalue weighted by molar-refractivity contribution is -0.139. The molecule has 1 aliphatic heterocycles. The molecule has 0 bridgehead atoms. The van der Waals surface area contributed by atoms with Crippen LogP contribution in [0.1, 0.15) is 83.1 Å². The van der Waals surface area contributed by atoms with Crippen LogP contribution in [-0.2, 0) is 20.9 Å². The fourth-order valence-electron chi connectivity index (χ4n) is 6.17. The Labute approximate surface area is 294 Å². The maximum Gasteiger partial charge on any atom is 0.247 e. The van der Waals surface area contributed by atoms with Crippen molar-refractivity contribution in [1.29, 1.82) is 0 Å². The van der Waals surface area contributed by atoms with Crippen molar-refractivity contribution >= 4 is 34.4 Å². The number of hydrogen-bond donors (Lipinski definition) is 4. The molecular formula is C35H56IN3O8. The lowest BCUT2D eigenvalue weighted by atomic mass is 9.87. The van der Waals surface area contributed by atoms with Crippen LogP contribution >= 0.6 is 22.6 Å². The second-order valence-electron chi connectivity index (χ2n) is 12.4. The number of carbonyl (C=O) groups excluding carboxylic acids is 2. The average molecular weight is 774 g/mol. The van der Waals surface area contributed by atoms with Gasteiger partial charge in [0.05, 0.1) is 43.1 Å². The van der Waals surface area contributed by atoms with E-state index in [9.17, 15) is 24.9 Å². The molecule has 1 heterocycles. The number of amides is 2. The zero-order valence-electron chi connectivity index (χ0n) is 28.3. The number of aliphatic hydroxyl groups is 3. The molecule has 47 heavy (non-hydrogen) atoms. The van der Waals surface area contributed by atoms with Gasteiger partial charge in [-0.25, -0.2) is 0 Å². The third-order valence-corrected chi connectivity index (χ3v) is 9.72. The maximum atomic E-state index is 13.9. The van der Waals surface area contributed by atoms with E-state index >= 15 is 0 Å². The normalized spacial score (nSPS) is 20.0. The fourth-order valence-corrected chi connectivity index (χ4v) is 6.97. The van der Waals surface area contributed by atoms with Gasteiger partial charge in [-0.2, -0.15) is 0 Å². The number of morpholine rings is 1. The van der Waals surface area contributed by atoms with E-state index in [0.29, 0.717) is 58.9 Å². The molecule has 2 aliphatic rings. The van der Waals surface area contributed by atoms with Gasteiger partial charge in [0, 0.05) is 51.1 Å². The minimum absolute atomic E-state index is 0.0412. The topological polar surface area (TPSA) is 141 Å². The second kappa shape index (κ2) is 21.9. The van der Waals surface area contributed by atoms with Crippen LogP contribution in [0.4, 0.5) is 0 Å². The van der Waals surface area contributed by atoms with E-state index < -0.39 is 18.2 Å². The van der Waals surface area contributed by atoms with Crippen molar-refractivity contribution in [3.8, 4) is 11.5 Å². The number of hydrogen-bond acceptors (Lipinski definition) is 9. The highest BCUT2D eigenvalue weighted by atomic mass is 127. The number of ether oxygens (including phenoxy) is 3. The van der Waals surface area contributed by atoms with E-state index in [1.54, 1.807) is 23.1 Å². The van der Waals surface area contributed by atoms with Crippen molar-refractivity contribution < 1.29 is 39.1 Å². The van der Waals surface area contributed by atoms with Crippen LogP contribution in [0.15, 0.2) is 23.8 Å². The number of rotatable bonds is 21. The molecule has 0 radical (unpaired) electrons. The molecule has 1 fully saturated rings. The SMILES string of the molecule is CCCCCCCCCCCC(=O)N(CCN1CCOCC1)C1CC(C(=O)NCCO)=CC(Oc2c(I)cc(CO)cc2OC)C1O. The quantitative estimate of drug-likeness (QED) is 0.109. The molecule has 1 aliphatic carbocycles. The van der Waals surface area contributed by atoms with Crippen molar-refractivity contribution in [3.05, 3.63) is 32.9 Å². The molecule has 11 nitrogen and oxygen atoms in total. The number of nitrogens with zero attached hydrogens (tertiary/aromatic N) is 2. The summed E-state index contributed by atoms with van der Waals surface area (Å²) in [6.45, 7) is 5.79. The molecular weight excluding hydrogens is 717 g/mol. The summed E-state index contributed by atoms with van der Waals surface area (Å²) in [5.41, 5.74) is 1.03. The van der Waals surface area contributed by atoms with E-state index in [1.165, 1.54) is 45.6 Å². The smallest absolute Gasteiger partial charge is 0.247 e. The Morgan fingerprint density at radius 1 is 1.06 bits per heavy atom. The summed E-state index contributed by atoms with van der Waals surface area (Å²) >= 11 is 2.09. The highest BCUT2D eigenvalue weighted by molar-refractivity contribution is 14.1. The monoisotopic (exact) mass is 773 g/mol. The van der Waals surface area contributed by atoms with Crippen LogP contribution in [0.5, 0.6) is 11.5 Å². The van der Waals surface area contributed by atoms with Crippen LogP contribution < -0.4 is 14.8 Å². The summed E-state index contributed by atoms with van der Waals surface area (Å²) < 4.78 is 18.1. The van der Waals surface area contributed by atoms with E-state index in [2.05, 4.69) is 39.7 Å². The Morgan fingerprint density at radius 3 is 2.38 bits per heavy atom. The number of nitrogens with one attached hydrogen (secondary N) is 1. The average Bonchev–Trinajstić information content (AvgIpc) is 3.08. The zero-order chi connectivity index (χ0) is 34.0. The van der Waals surface area contributed by atoms with Crippen molar-refractivity contribution in [2.24, 2.45) is 0 Å². The summed E-state index contributed by atoms with van der Waals surface area (Å²) in [4.78, 5) is 31.2. The Kier molecular flexibility index (Phi) is 18.4. The van der Waals surface area contributed by atoms with E-state index in [4.69, 9.17) is 14.2 Å². The van der Waals surface area contributed by atoms with E-state index in [0.717, 1.165) is 32.4 Å². The lowest BCUT2D eigenvalue weighted by Crippen LogP contribution is -2.56. The third kappa shape index (κ3) is 12.8. The highest BCUT2D eigenvalue weighted by Crippen LogP contribution is 2.37. The van der Waals surface area contributed by atoms with Crippen LogP contribution in [0.3, 0.4) is 0 Å². The predicted molar refractivity (Wildman–Crippen MR) is 189 cm³/mol. The first-order chi connectivity index (χ1) is 22.8. The highest BCUT2D eigenvalue weighted by Gasteiger charge is 2.41. The van der Waals surface area contributed by atoms with Gasteiger partial charge in [0.25, 0.3) is 0 Å². The molecule has 0 spiro atoms. The minimum atomic E-state index is -1.13. The first kappa shape index (κ1) is 39.5. The minimum Gasteiger partial charge on any atom is -0.493 e. The number of aliphatic hydroxyl groups excluding tert-OH is 3. The van der Waals surface area contributed by atoms with Gasteiger partial charge < -0.3 is 39.7 Å². The number of methoxy groups -OCH3 is 1. The summed E-state index contributed by atoms with van der Waals surface area (Å²) in [5, 5.41) is 33.6. The Morgan fingerprint density at radius 2 is 1.74 bits per heavy atom. The van der Waals surface area contributed by atoms with Crippen LogP contribution in [0.25, 0.3) is 0 Å². The molecule has 4 N–H and O–H groups in total. The first-order valence-electron chi connectivity index (χ1n) is 17.3. The van der Waals surface area contributed by atoms with Gasteiger partial charge in [-0.05, 0) is 52.8 Å². The Hall–Kier alpha value is -1.97. The lowest BCUT2D eigenvalue weighted by Gasteiger charge is -2.41. The molecule has 1 aromatic carbocycles. The predicted octanol–water partition coefficient (Wildman–Crippen LogP) is 3.79. The first-order valence-corrected chi connectivity index (χ1v) is 18.4. The number of halogens is 1. The molecule has 3 atom stereocenters. The molecule has 0 saturated carbocycles. The van der Waals surface area contributed by atoms with Crippen molar-refractivity contribution in [3.63, 3.8) is 0 Å². The van der Waals surface area contributed by atoms with Crippen molar-refractivity contribution in [2.75, 3.05) is 59.7 Å². The molecule has 1 saturated heterocycles.